The first kappa shape index (κ1) is 21.7. The highest BCUT2D eigenvalue weighted by atomic mass is 35.5. The number of carbonyl (C=O) groups is 2. The maximum atomic E-state index is 12.7. The van der Waals surface area contributed by atoms with E-state index in [4.69, 9.17) is 16.3 Å². The molecule has 1 spiro atoms. The zero-order valence-corrected chi connectivity index (χ0v) is 18.3. The van der Waals surface area contributed by atoms with Gasteiger partial charge in [0.15, 0.2) is 0 Å². The van der Waals surface area contributed by atoms with Crippen LogP contribution in [0.1, 0.15) is 36.9 Å². The summed E-state index contributed by atoms with van der Waals surface area (Å²) in [5, 5.41) is 0.682. The minimum Gasteiger partial charge on any atom is -0.372 e. The Bertz CT molecular complexity index is 899. The first-order valence-electron chi connectivity index (χ1n) is 10.7. The zero-order valence-electron chi connectivity index (χ0n) is 17.5. The number of carbonyl (C=O) groups excluding carboxylic acids is 2. The Morgan fingerprint density at radius 2 is 1.94 bits per heavy atom. The van der Waals surface area contributed by atoms with Crippen LogP contribution in [0.3, 0.4) is 0 Å². The highest BCUT2D eigenvalue weighted by Crippen LogP contribution is 2.31. The first-order valence-corrected chi connectivity index (χ1v) is 11.1. The summed E-state index contributed by atoms with van der Waals surface area (Å²) in [7, 11) is 0. The first-order chi connectivity index (χ1) is 15.0. The largest absolute Gasteiger partial charge is 0.372 e. The van der Waals surface area contributed by atoms with Gasteiger partial charge in [0.05, 0.1) is 30.9 Å². The van der Waals surface area contributed by atoms with Crippen molar-refractivity contribution in [3.8, 4) is 0 Å². The number of likely N-dealkylation sites (tertiary alicyclic amines) is 1. The molecule has 164 valence electrons. The van der Waals surface area contributed by atoms with Gasteiger partial charge in [0.25, 0.3) is 0 Å². The number of halogens is 1. The standard InChI is InChI=1S/C23H27ClN4O3/c24-19-3-1-18(2-4-19)16-28-17-23(31-14-7-22(28)30)8-12-27(13-9-23)21(29)6-5-20-15-25-10-11-26-20/h1-4,10-11,15H,5-9,12-14,16-17H2. The number of hydrogen-bond acceptors (Lipinski definition) is 5. The van der Waals surface area contributed by atoms with Gasteiger partial charge in [-0.25, -0.2) is 0 Å². The van der Waals surface area contributed by atoms with E-state index in [1.807, 2.05) is 34.1 Å². The number of rotatable bonds is 5. The highest BCUT2D eigenvalue weighted by molar-refractivity contribution is 6.30. The fourth-order valence-electron chi connectivity index (χ4n) is 4.27. The summed E-state index contributed by atoms with van der Waals surface area (Å²) in [5.41, 5.74) is 1.49. The maximum Gasteiger partial charge on any atom is 0.225 e. The molecule has 2 aliphatic rings. The SMILES string of the molecule is O=C(CCc1cnccn1)N1CCC2(CC1)CN(Cc1ccc(Cl)cc1)C(=O)CCO2. The van der Waals surface area contributed by atoms with Gasteiger partial charge in [-0.2, -0.15) is 0 Å². The van der Waals surface area contributed by atoms with Crippen LogP contribution in [0.5, 0.6) is 0 Å². The lowest BCUT2D eigenvalue weighted by Crippen LogP contribution is -2.53. The summed E-state index contributed by atoms with van der Waals surface area (Å²) in [4.78, 5) is 37.4. The predicted octanol–water partition coefficient (Wildman–Crippen LogP) is 2.87. The van der Waals surface area contributed by atoms with Gasteiger partial charge in [0.1, 0.15) is 0 Å². The van der Waals surface area contributed by atoms with Gasteiger partial charge in [0, 0.05) is 49.7 Å². The van der Waals surface area contributed by atoms with Gasteiger partial charge >= 0.3 is 0 Å². The molecule has 2 fully saturated rings. The highest BCUT2D eigenvalue weighted by Gasteiger charge is 2.41. The summed E-state index contributed by atoms with van der Waals surface area (Å²) >= 11 is 5.98. The summed E-state index contributed by atoms with van der Waals surface area (Å²) in [6.07, 6.45) is 7.83. The van der Waals surface area contributed by atoms with Crippen molar-refractivity contribution in [2.24, 2.45) is 0 Å². The van der Waals surface area contributed by atoms with Crippen LogP contribution < -0.4 is 0 Å². The van der Waals surface area contributed by atoms with Crippen molar-refractivity contribution in [3.05, 3.63) is 59.1 Å². The topological polar surface area (TPSA) is 75.6 Å². The van der Waals surface area contributed by atoms with Gasteiger partial charge in [-0.1, -0.05) is 23.7 Å². The average Bonchev–Trinajstić information content (AvgIpc) is 2.93. The van der Waals surface area contributed by atoms with Crippen LogP contribution in [-0.2, 0) is 27.3 Å². The van der Waals surface area contributed by atoms with Crippen molar-refractivity contribution in [3.63, 3.8) is 0 Å². The van der Waals surface area contributed by atoms with E-state index in [0.717, 1.165) is 24.1 Å². The minimum atomic E-state index is -0.389. The van der Waals surface area contributed by atoms with E-state index >= 15 is 0 Å². The second kappa shape index (κ2) is 9.75. The van der Waals surface area contributed by atoms with Crippen LogP contribution in [0.25, 0.3) is 0 Å². The van der Waals surface area contributed by atoms with Crippen LogP contribution in [0, 0.1) is 0 Å². The predicted molar refractivity (Wildman–Crippen MR) is 116 cm³/mol. The number of nitrogens with zero attached hydrogens (tertiary/aromatic N) is 4. The van der Waals surface area contributed by atoms with E-state index in [1.165, 1.54) is 0 Å². The van der Waals surface area contributed by atoms with Crippen LogP contribution in [0.4, 0.5) is 0 Å². The molecule has 2 aliphatic heterocycles. The molecule has 0 atom stereocenters. The second-order valence-corrected chi connectivity index (χ2v) is 8.67. The monoisotopic (exact) mass is 442 g/mol. The molecule has 1 aromatic heterocycles. The van der Waals surface area contributed by atoms with Gasteiger partial charge < -0.3 is 14.5 Å². The molecular weight excluding hydrogens is 416 g/mol. The molecule has 2 amide bonds. The molecule has 4 rings (SSSR count). The number of benzene rings is 1. The number of piperidine rings is 1. The molecule has 8 heteroatoms. The van der Waals surface area contributed by atoms with Crippen molar-refractivity contribution in [2.45, 2.75) is 44.2 Å². The quantitative estimate of drug-likeness (QED) is 0.711. The molecule has 0 radical (unpaired) electrons. The minimum absolute atomic E-state index is 0.106. The Morgan fingerprint density at radius 1 is 1.16 bits per heavy atom. The fraction of sp³-hybridized carbons (Fsp3) is 0.478. The van der Waals surface area contributed by atoms with Crippen LogP contribution in [-0.4, -0.2) is 63.4 Å². The number of ether oxygens (including phenoxy) is 1. The summed E-state index contributed by atoms with van der Waals surface area (Å²) in [6.45, 7) is 2.80. The molecule has 0 saturated carbocycles. The molecule has 0 unspecified atom stereocenters. The second-order valence-electron chi connectivity index (χ2n) is 8.24. The smallest absolute Gasteiger partial charge is 0.225 e. The van der Waals surface area contributed by atoms with E-state index in [0.29, 0.717) is 57.1 Å². The third-order valence-electron chi connectivity index (χ3n) is 6.08. The van der Waals surface area contributed by atoms with E-state index in [1.54, 1.807) is 18.6 Å². The number of aromatic nitrogens is 2. The molecule has 3 heterocycles. The van der Waals surface area contributed by atoms with Gasteiger partial charge in [-0.05, 0) is 37.0 Å². The summed E-state index contributed by atoms with van der Waals surface area (Å²) in [6, 6.07) is 7.59. The third-order valence-corrected chi connectivity index (χ3v) is 6.33. The normalized spacial score (nSPS) is 18.8. The van der Waals surface area contributed by atoms with Crippen LogP contribution >= 0.6 is 11.6 Å². The molecule has 0 N–H and O–H groups in total. The number of hydrogen-bond donors (Lipinski definition) is 0. The molecule has 1 aromatic carbocycles. The molecule has 2 saturated heterocycles. The fourth-order valence-corrected chi connectivity index (χ4v) is 4.39. The zero-order chi connectivity index (χ0) is 21.7. The Hall–Kier alpha value is -2.51. The average molecular weight is 443 g/mol. The van der Waals surface area contributed by atoms with Crippen molar-refractivity contribution in [1.29, 1.82) is 0 Å². The Morgan fingerprint density at radius 3 is 2.65 bits per heavy atom. The van der Waals surface area contributed by atoms with Crippen molar-refractivity contribution in [2.75, 3.05) is 26.2 Å². The lowest BCUT2D eigenvalue weighted by molar-refractivity contribution is -0.140. The van der Waals surface area contributed by atoms with Gasteiger partial charge in [-0.15, -0.1) is 0 Å². The van der Waals surface area contributed by atoms with Crippen LogP contribution in [0.15, 0.2) is 42.9 Å². The van der Waals surface area contributed by atoms with Crippen molar-refractivity contribution in [1.82, 2.24) is 19.8 Å². The van der Waals surface area contributed by atoms with Gasteiger partial charge in [-0.3, -0.25) is 19.6 Å². The summed E-state index contributed by atoms with van der Waals surface area (Å²) in [5.74, 6) is 0.234. The molecule has 7 nitrogen and oxygen atoms in total. The third kappa shape index (κ3) is 5.60. The molecule has 0 aliphatic carbocycles. The number of aryl methyl sites for hydroxylation is 1. The lowest BCUT2D eigenvalue weighted by Gasteiger charge is -2.42. The van der Waals surface area contributed by atoms with Gasteiger partial charge in [0.2, 0.25) is 11.8 Å². The van der Waals surface area contributed by atoms with Crippen molar-refractivity contribution < 1.29 is 14.3 Å². The maximum absolute atomic E-state index is 12.7. The molecule has 0 bridgehead atoms. The van der Waals surface area contributed by atoms with E-state index in [2.05, 4.69) is 9.97 Å². The Balaban J connectivity index is 1.34. The summed E-state index contributed by atoms with van der Waals surface area (Å²) < 4.78 is 6.21. The Labute approximate surface area is 187 Å². The van der Waals surface area contributed by atoms with E-state index in [-0.39, 0.29) is 17.4 Å². The van der Waals surface area contributed by atoms with Crippen LogP contribution in [0.2, 0.25) is 5.02 Å². The molecule has 31 heavy (non-hydrogen) atoms. The molecular formula is C23H27ClN4O3. The van der Waals surface area contributed by atoms with Crippen molar-refractivity contribution >= 4 is 23.4 Å². The lowest BCUT2D eigenvalue weighted by atomic mass is 9.90. The van der Waals surface area contributed by atoms with E-state index < -0.39 is 0 Å². The number of amides is 2. The Kier molecular flexibility index (Phi) is 6.83. The van der Waals surface area contributed by atoms with E-state index in [9.17, 15) is 9.59 Å². The molecule has 2 aromatic rings.